The number of esters is 2. The maximum absolute atomic E-state index is 14.4. The Kier molecular flexibility index (Phi) is 13.4. The number of hydrogen-bond donors (Lipinski definition) is 1. The minimum atomic E-state index is -8.79. The van der Waals surface area contributed by atoms with Crippen LogP contribution in [0.4, 0.5) is 74.6 Å². The van der Waals surface area contributed by atoms with Crippen molar-refractivity contribution < 1.29 is 108 Å². The van der Waals surface area contributed by atoms with Crippen molar-refractivity contribution in [3.63, 3.8) is 0 Å². The molecule has 290 valence electrons. The van der Waals surface area contributed by atoms with E-state index >= 15 is 0 Å². The quantitative estimate of drug-likeness (QED) is 0.0989. The van der Waals surface area contributed by atoms with E-state index in [1.165, 1.54) is 0 Å². The molecule has 1 rings (SSSR count). The molecule has 1 aliphatic rings. The van der Waals surface area contributed by atoms with Gasteiger partial charge in [0.25, 0.3) is 0 Å². The normalized spacial score (nSPS) is 23.1. The van der Waals surface area contributed by atoms with Gasteiger partial charge in [-0.15, -0.1) is 0 Å². The van der Waals surface area contributed by atoms with Gasteiger partial charge in [0.05, 0.1) is 18.3 Å². The molecule has 0 spiro atoms. The van der Waals surface area contributed by atoms with Crippen LogP contribution in [-0.2, 0) is 33.3 Å². The number of amides is 1. The van der Waals surface area contributed by atoms with Gasteiger partial charge >= 0.3 is 59.6 Å². The summed E-state index contributed by atoms with van der Waals surface area (Å²) in [7, 11) is 0. The Bertz CT molecular complexity index is 1310. The summed E-state index contributed by atoms with van der Waals surface area (Å²) < 4.78 is 250. The van der Waals surface area contributed by atoms with Gasteiger partial charge in [0.2, 0.25) is 5.91 Å². The Morgan fingerprint density at radius 2 is 1.12 bits per heavy atom. The van der Waals surface area contributed by atoms with Crippen LogP contribution < -0.4 is 5.32 Å². The summed E-state index contributed by atoms with van der Waals surface area (Å²) in [6, 6.07) is -2.00. The zero-order valence-corrected chi connectivity index (χ0v) is 25.5. The van der Waals surface area contributed by atoms with E-state index in [4.69, 9.17) is 18.9 Å². The summed E-state index contributed by atoms with van der Waals surface area (Å²) >= 11 is 4.34. The number of aliphatic imine (C=N–C) groups is 1. The summed E-state index contributed by atoms with van der Waals surface area (Å²) in [5, 5.41) is 3.77. The van der Waals surface area contributed by atoms with Crippen molar-refractivity contribution in [2.75, 3.05) is 13.2 Å². The number of alkyl halides is 17. The van der Waals surface area contributed by atoms with Crippen molar-refractivity contribution >= 4 is 35.2 Å². The van der Waals surface area contributed by atoms with Crippen LogP contribution in [0.25, 0.3) is 0 Å². The summed E-state index contributed by atoms with van der Waals surface area (Å²) in [6.07, 6.45) is -18.6. The van der Waals surface area contributed by atoms with Crippen LogP contribution in [0.1, 0.15) is 27.2 Å². The number of rotatable bonds is 15. The average Bonchev–Trinajstić information content (AvgIpc) is 2.92. The second-order valence-corrected chi connectivity index (χ2v) is 10.3. The number of thiocarbonyl (C=S) groups is 1. The van der Waals surface area contributed by atoms with E-state index in [9.17, 15) is 89.0 Å². The number of halogens is 17. The first-order valence-corrected chi connectivity index (χ1v) is 13.2. The van der Waals surface area contributed by atoms with E-state index in [0.717, 1.165) is 20.8 Å². The Morgan fingerprint density at radius 3 is 1.52 bits per heavy atom. The lowest BCUT2D eigenvalue weighted by molar-refractivity contribution is -0.462. The van der Waals surface area contributed by atoms with Crippen molar-refractivity contribution in [2.24, 2.45) is 4.99 Å². The third-order valence-corrected chi connectivity index (χ3v) is 6.57. The van der Waals surface area contributed by atoms with Crippen molar-refractivity contribution in [1.29, 1.82) is 0 Å². The zero-order valence-electron chi connectivity index (χ0n) is 24.6. The van der Waals surface area contributed by atoms with Gasteiger partial charge in [-0.25, -0.2) is 4.99 Å². The van der Waals surface area contributed by atoms with Gasteiger partial charge in [0.15, 0.2) is 18.5 Å². The molecule has 50 heavy (non-hydrogen) atoms. The molecule has 1 fully saturated rings. The van der Waals surface area contributed by atoms with Crippen LogP contribution in [0.5, 0.6) is 0 Å². The van der Waals surface area contributed by atoms with Crippen LogP contribution in [0.3, 0.4) is 0 Å². The molecular weight excluding hydrogens is 771 g/mol. The topological polar surface area (TPSA) is 113 Å². The predicted molar refractivity (Wildman–Crippen MR) is 129 cm³/mol. The van der Waals surface area contributed by atoms with Crippen molar-refractivity contribution in [3.05, 3.63) is 0 Å². The first-order valence-electron chi connectivity index (χ1n) is 12.8. The molecule has 0 aliphatic carbocycles. The standard InChI is InChI=1S/C23H21F17N2O7S/c1-8(43)42-12-14(48-10(3)45)13(47-9(2)44)11(6-41-7-50)49-15(12)46-5-4-16(24,25)17(26,27)18(28,29)19(30,31)20(32,33)21(34,35)22(36,37)23(38,39)40/h11-15H,4-6H2,1-3H3,(H,42,43)/t11-,12-,13-,14-,15-/m1/s1. The third kappa shape index (κ3) is 8.19. The largest absolute Gasteiger partial charge is 0.460 e. The minimum absolute atomic E-state index is 0.715. The molecule has 0 bridgehead atoms. The van der Waals surface area contributed by atoms with Crippen molar-refractivity contribution in [1.82, 2.24) is 5.32 Å². The van der Waals surface area contributed by atoms with E-state index in [-0.39, 0.29) is 0 Å². The van der Waals surface area contributed by atoms with E-state index in [1.54, 1.807) is 5.16 Å². The van der Waals surface area contributed by atoms with Gasteiger partial charge in [-0.2, -0.15) is 74.6 Å². The fourth-order valence-corrected chi connectivity index (χ4v) is 4.10. The van der Waals surface area contributed by atoms with Crippen LogP contribution in [0, 0.1) is 0 Å². The molecular formula is C23H21F17N2O7S. The second-order valence-electron chi connectivity index (χ2n) is 10.1. The molecule has 1 N–H and O–H groups in total. The highest BCUT2D eigenvalue weighted by molar-refractivity contribution is 7.78. The van der Waals surface area contributed by atoms with E-state index in [0.29, 0.717) is 0 Å². The fourth-order valence-electron chi connectivity index (χ4n) is 4.03. The smallest absolute Gasteiger partial charge is 0.456 e. The third-order valence-electron chi connectivity index (χ3n) is 6.44. The molecule has 1 amide bonds. The van der Waals surface area contributed by atoms with Gasteiger partial charge in [-0.05, 0) is 12.2 Å². The molecule has 5 atom stereocenters. The van der Waals surface area contributed by atoms with Gasteiger partial charge in [-0.3, -0.25) is 14.4 Å². The number of hydrogen-bond acceptors (Lipinski definition) is 9. The molecule has 27 heteroatoms. The molecule has 0 saturated carbocycles. The lowest BCUT2D eigenvalue weighted by Gasteiger charge is -2.45. The van der Waals surface area contributed by atoms with Gasteiger partial charge in [-0.1, -0.05) is 0 Å². The van der Waals surface area contributed by atoms with Gasteiger partial charge < -0.3 is 24.3 Å². The first-order chi connectivity index (χ1) is 22.2. The van der Waals surface area contributed by atoms with E-state index in [2.05, 4.69) is 17.2 Å². The fraction of sp³-hybridized carbons (Fsp3) is 0.826. The Labute approximate surface area is 272 Å². The van der Waals surface area contributed by atoms with Crippen molar-refractivity contribution in [2.45, 2.75) is 105 Å². The summed E-state index contributed by atoms with van der Waals surface area (Å²) in [4.78, 5) is 38.6. The molecule has 1 heterocycles. The molecule has 0 radical (unpaired) electrons. The first kappa shape index (κ1) is 45.0. The van der Waals surface area contributed by atoms with Crippen LogP contribution in [0.2, 0.25) is 0 Å². The van der Waals surface area contributed by atoms with Gasteiger partial charge in [0, 0.05) is 27.2 Å². The van der Waals surface area contributed by atoms with Crippen LogP contribution in [0.15, 0.2) is 4.99 Å². The van der Waals surface area contributed by atoms with Crippen molar-refractivity contribution in [3.8, 4) is 0 Å². The van der Waals surface area contributed by atoms with E-state index < -0.39 is 116 Å². The maximum Gasteiger partial charge on any atom is 0.460 e. The lowest BCUT2D eigenvalue weighted by atomic mass is 9.88. The van der Waals surface area contributed by atoms with Gasteiger partial charge in [0.1, 0.15) is 12.1 Å². The lowest BCUT2D eigenvalue weighted by Crippen LogP contribution is -2.74. The highest BCUT2D eigenvalue weighted by atomic mass is 32.1. The molecule has 0 aromatic heterocycles. The highest BCUT2D eigenvalue weighted by Gasteiger charge is 2.95. The Hall–Kier alpha value is -3.06. The highest BCUT2D eigenvalue weighted by Crippen LogP contribution is 2.64. The molecule has 0 unspecified atom stereocenters. The van der Waals surface area contributed by atoms with Crippen LogP contribution >= 0.6 is 12.2 Å². The number of carbonyl (C=O) groups excluding carboxylic acids is 3. The minimum Gasteiger partial charge on any atom is -0.456 e. The molecule has 1 aliphatic heterocycles. The van der Waals surface area contributed by atoms with Crippen LogP contribution in [-0.4, -0.2) is 114 Å². The number of carbonyl (C=O) groups is 3. The molecule has 0 aromatic carbocycles. The number of ether oxygens (including phenoxy) is 4. The maximum atomic E-state index is 14.4. The monoisotopic (exact) mass is 792 g/mol. The number of nitrogens with zero attached hydrogens (tertiary/aromatic N) is 1. The average molecular weight is 792 g/mol. The Morgan fingerprint density at radius 1 is 0.700 bits per heavy atom. The Balaban J connectivity index is 3.53. The number of nitrogens with one attached hydrogen (secondary N) is 1. The molecule has 0 aromatic rings. The molecule has 9 nitrogen and oxygen atoms in total. The summed E-state index contributed by atoms with van der Waals surface area (Å²) in [5.74, 6) is -61.1. The predicted octanol–water partition coefficient (Wildman–Crippen LogP) is 5.60. The zero-order chi connectivity index (χ0) is 39.7. The summed E-state index contributed by atoms with van der Waals surface area (Å²) in [5.41, 5.74) is 0. The molecule has 1 saturated heterocycles. The number of isothiocyanates is 1. The summed E-state index contributed by atoms with van der Waals surface area (Å²) in [6.45, 7) is -0.536. The SMILES string of the molecule is CC(=O)N[C@H]1[C@H](OCCC(F)(F)C(F)(F)C(F)(F)C(F)(F)C(F)(F)C(F)(F)C(F)(F)C(F)(F)F)O[C@H](CN=C=S)[C@@H](OC(C)=O)[C@@H]1OC(C)=O. The van der Waals surface area contributed by atoms with E-state index in [1.807, 2.05) is 5.32 Å². The second kappa shape index (κ2) is 14.9.